The second-order valence-corrected chi connectivity index (χ2v) is 10.1. The standard InChI is InChI=1S/C31H38FN3O2/c1-5-33(6-2)31(37)26-15-13-25(14-16-26)30(27-10-8-12-29(36)18-27)35-20-22(3)34(19-23(35)4)21-24-9-7-11-28(32)17-24/h7-18,22-23,30,36H,5-6,19-21H2,1-4H3. The molecule has 196 valence electrons. The van der Waals surface area contributed by atoms with E-state index in [-0.39, 0.29) is 35.6 Å². The number of carbonyl (C=O) groups excluding carboxylic acids is 1. The number of piperazine rings is 1. The molecule has 1 amide bonds. The van der Waals surface area contributed by atoms with Gasteiger partial charge in [0.1, 0.15) is 11.6 Å². The van der Waals surface area contributed by atoms with Crippen LogP contribution in [0.5, 0.6) is 5.75 Å². The maximum absolute atomic E-state index is 13.8. The molecular formula is C31H38FN3O2. The zero-order valence-electron chi connectivity index (χ0n) is 22.3. The number of phenolic OH excluding ortho intramolecular Hbond substituents is 1. The topological polar surface area (TPSA) is 47.0 Å². The second-order valence-electron chi connectivity index (χ2n) is 10.1. The van der Waals surface area contributed by atoms with Gasteiger partial charge in [-0.15, -0.1) is 0 Å². The van der Waals surface area contributed by atoms with Crippen LogP contribution in [0.1, 0.15) is 60.8 Å². The summed E-state index contributed by atoms with van der Waals surface area (Å²) in [6.07, 6.45) is 0. The lowest BCUT2D eigenvalue weighted by molar-refractivity contribution is 0.0194. The molecule has 3 unspecified atom stereocenters. The van der Waals surface area contributed by atoms with Crippen LogP contribution in [0.2, 0.25) is 0 Å². The molecule has 3 atom stereocenters. The van der Waals surface area contributed by atoms with Gasteiger partial charge >= 0.3 is 0 Å². The van der Waals surface area contributed by atoms with E-state index in [4.69, 9.17) is 0 Å². The van der Waals surface area contributed by atoms with Crippen molar-refractivity contribution in [2.45, 2.75) is 52.4 Å². The van der Waals surface area contributed by atoms with Gasteiger partial charge in [-0.25, -0.2) is 4.39 Å². The van der Waals surface area contributed by atoms with E-state index in [1.807, 2.05) is 61.2 Å². The second kappa shape index (κ2) is 11.9. The number of aromatic hydroxyl groups is 1. The molecule has 1 fully saturated rings. The van der Waals surface area contributed by atoms with E-state index < -0.39 is 0 Å². The highest BCUT2D eigenvalue weighted by atomic mass is 19.1. The Bertz CT molecular complexity index is 1200. The first-order valence-corrected chi connectivity index (χ1v) is 13.2. The maximum atomic E-state index is 13.8. The van der Waals surface area contributed by atoms with Crippen molar-refractivity contribution in [3.8, 4) is 5.75 Å². The zero-order valence-corrected chi connectivity index (χ0v) is 22.3. The molecule has 0 bridgehead atoms. The van der Waals surface area contributed by atoms with Crippen molar-refractivity contribution in [1.29, 1.82) is 0 Å². The van der Waals surface area contributed by atoms with Gasteiger partial charge in [0.15, 0.2) is 0 Å². The number of benzene rings is 3. The highest BCUT2D eigenvalue weighted by molar-refractivity contribution is 5.94. The quantitative estimate of drug-likeness (QED) is 0.429. The van der Waals surface area contributed by atoms with Crippen LogP contribution < -0.4 is 0 Å². The minimum absolute atomic E-state index is 0.0402. The molecule has 0 saturated carbocycles. The fourth-order valence-electron chi connectivity index (χ4n) is 5.45. The Morgan fingerprint density at radius 3 is 2.30 bits per heavy atom. The number of carbonyl (C=O) groups is 1. The molecule has 0 radical (unpaired) electrons. The SMILES string of the molecule is CCN(CC)C(=O)c1ccc(C(c2cccc(O)c2)N2CC(C)N(Cc3cccc(F)c3)CC2C)cc1. The first-order chi connectivity index (χ1) is 17.8. The number of halogens is 1. The number of phenols is 1. The molecule has 5 nitrogen and oxygen atoms in total. The number of nitrogens with zero attached hydrogens (tertiary/aromatic N) is 3. The third kappa shape index (κ3) is 6.20. The number of amides is 1. The minimum atomic E-state index is -0.205. The minimum Gasteiger partial charge on any atom is -0.508 e. The summed E-state index contributed by atoms with van der Waals surface area (Å²) < 4.78 is 13.8. The average molecular weight is 504 g/mol. The van der Waals surface area contributed by atoms with Crippen molar-refractivity contribution in [1.82, 2.24) is 14.7 Å². The predicted molar refractivity (Wildman–Crippen MR) is 146 cm³/mol. The van der Waals surface area contributed by atoms with Crippen LogP contribution in [0.25, 0.3) is 0 Å². The summed E-state index contributed by atoms with van der Waals surface area (Å²) >= 11 is 0. The Morgan fingerprint density at radius 1 is 0.946 bits per heavy atom. The van der Waals surface area contributed by atoms with Gasteiger partial charge in [-0.3, -0.25) is 14.6 Å². The van der Waals surface area contributed by atoms with Crippen LogP contribution in [-0.4, -0.2) is 64.0 Å². The Labute approximate surface area is 220 Å². The smallest absolute Gasteiger partial charge is 0.253 e. The van der Waals surface area contributed by atoms with Crippen molar-refractivity contribution in [3.05, 3.63) is 101 Å². The van der Waals surface area contributed by atoms with Gasteiger partial charge in [-0.05, 0) is 80.8 Å². The summed E-state index contributed by atoms with van der Waals surface area (Å²) in [5.41, 5.74) is 3.76. The Kier molecular flexibility index (Phi) is 8.62. The number of hydrogen-bond acceptors (Lipinski definition) is 4. The van der Waals surface area contributed by atoms with Crippen LogP contribution in [-0.2, 0) is 6.54 Å². The molecule has 37 heavy (non-hydrogen) atoms. The van der Waals surface area contributed by atoms with E-state index >= 15 is 0 Å². The molecule has 1 saturated heterocycles. The lowest BCUT2D eigenvalue weighted by Crippen LogP contribution is -2.56. The summed E-state index contributed by atoms with van der Waals surface area (Å²) in [6, 6.07) is 22.6. The van der Waals surface area contributed by atoms with Crippen LogP contribution in [0, 0.1) is 5.82 Å². The van der Waals surface area contributed by atoms with E-state index in [9.17, 15) is 14.3 Å². The lowest BCUT2D eigenvalue weighted by atomic mass is 9.92. The molecule has 1 aliphatic heterocycles. The van der Waals surface area contributed by atoms with E-state index in [2.05, 4.69) is 29.7 Å². The van der Waals surface area contributed by atoms with Gasteiger partial charge in [0, 0.05) is 50.4 Å². The maximum Gasteiger partial charge on any atom is 0.253 e. The Morgan fingerprint density at radius 2 is 1.65 bits per heavy atom. The lowest BCUT2D eigenvalue weighted by Gasteiger charge is -2.47. The van der Waals surface area contributed by atoms with Crippen LogP contribution in [0.4, 0.5) is 4.39 Å². The molecule has 4 rings (SSSR count). The molecule has 0 aromatic heterocycles. The van der Waals surface area contributed by atoms with Crippen molar-refractivity contribution < 1.29 is 14.3 Å². The van der Waals surface area contributed by atoms with Crippen molar-refractivity contribution in [2.75, 3.05) is 26.2 Å². The van der Waals surface area contributed by atoms with E-state index in [1.54, 1.807) is 18.2 Å². The molecule has 1 N–H and O–H groups in total. The molecule has 1 heterocycles. The largest absolute Gasteiger partial charge is 0.508 e. The summed E-state index contributed by atoms with van der Waals surface area (Å²) in [4.78, 5) is 19.6. The summed E-state index contributed by atoms with van der Waals surface area (Å²) in [7, 11) is 0. The molecule has 6 heteroatoms. The molecule has 3 aromatic carbocycles. The molecular weight excluding hydrogens is 465 g/mol. The van der Waals surface area contributed by atoms with Gasteiger partial charge < -0.3 is 10.0 Å². The normalized spacial score (nSPS) is 19.5. The summed E-state index contributed by atoms with van der Waals surface area (Å²) in [5.74, 6) is 0.0726. The number of rotatable bonds is 8. The van der Waals surface area contributed by atoms with Crippen molar-refractivity contribution >= 4 is 5.91 Å². The average Bonchev–Trinajstić information content (AvgIpc) is 2.88. The molecule has 1 aliphatic rings. The fourth-order valence-corrected chi connectivity index (χ4v) is 5.45. The summed E-state index contributed by atoms with van der Waals surface area (Å²) in [6.45, 7) is 12.1. The monoisotopic (exact) mass is 503 g/mol. The van der Waals surface area contributed by atoms with Crippen molar-refractivity contribution in [3.63, 3.8) is 0 Å². The first-order valence-electron chi connectivity index (χ1n) is 13.2. The number of hydrogen-bond donors (Lipinski definition) is 1. The Hall–Kier alpha value is -3.22. The van der Waals surface area contributed by atoms with Crippen molar-refractivity contribution in [2.24, 2.45) is 0 Å². The predicted octanol–water partition coefficient (Wildman–Crippen LogP) is 5.70. The van der Waals surface area contributed by atoms with Gasteiger partial charge in [0.05, 0.1) is 6.04 Å². The Balaban J connectivity index is 1.61. The van der Waals surface area contributed by atoms with E-state index in [1.165, 1.54) is 6.07 Å². The van der Waals surface area contributed by atoms with E-state index in [0.717, 1.165) is 29.8 Å². The van der Waals surface area contributed by atoms with E-state index in [0.29, 0.717) is 25.2 Å². The van der Waals surface area contributed by atoms with Crippen LogP contribution in [0.3, 0.4) is 0 Å². The van der Waals surface area contributed by atoms with Crippen LogP contribution in [0.15, 0.2) is 72.8 Å². The summed E-state index contributed by atoms with van der Waals surface area (Å²) in [5, 5.41) is 10.3. The highest BCUT2D eigenvalue weighted by Crippen LogP contribution is 2.35. The third-order valence-electron chi connectivity index (χ3n) is 7.48. The van der Waals surface area contributed by atoms with Gasteiger partial charge in [0.25, 0.3) is 5.91 Å². The zero-order chi connectivity index (χ0) is 26.5. The van der Waals surface area contributed by atoms with Gasteiger partial charge in [-0.2, -0.15) is 0 Å². The molecule has 0 spiro atoms. The fraction of sp³-hybridized carbons (Fsp3) is 0.387. The van der Waals surface area contributed by atoms with Gasteiger partial charge in [0.2, 0.25) is 0 Å². The van der Waals surface area contributed by atoms with Gasteiger partial charge in [-0.1, -0.05) is 36.4 Å². The highest BCUT2D eigenvalue weighted by Gasteiger charge is 2.35. The third-order valence-corrected chi connectivity index (χ3v) is 7.48. The first kappa shape index (κ1) is 26.8. The van der Waals surface area contributed by atoms with Crippen LogP contribution >= 0.6 is 0 Å². The molecule has 3 aromatic rings. The molecule has 0 aliphatic carbocycles.